The average molecular weight is 498 g/mol. The second kappa shape index (κ2) is 7.60. The van der Waals surface area contributed by atoms with Crippen LogP contribution in [0.2, 0.25) is 0 Å². The number of epoxide rings is 1. The summed E-state index contributed by atoms with van der Waals surface area (Å²) in [5.74, 6) is -2.15. The van der Waals surface area contributed by atoms with Gasteiger partial charge in [-0.25, -0.2) is 18.0 Å². The predicted molar refractivity (Wildman–Crippen MR) is 102 cm³/mol. The summed E-state index contributed by atoms with van der Waals surface area (Å²) in [6.07, 6.45) is 1.13. The SMILES string of the molecule is C[N+]1(C)C2CC(OC(=O)C(F)(c3ccc(F)cc3)c3ccc(F)cc3)C[C@H]1[C@H]1OC21.[Br-]. The van der Waals surface area contributed by atoms with E-state index in [1.807, 2.05) is 0 Å². The molecule has 2 aromatic rings. The van der Waals surface area contributed by atoms with Crippen LogP contribution >= 0.6 is 0 Å². The lowest BCUT2D eigenvalue weighted by molar-refractivity contribution is -0.938. The van der Waals surface area contributed by atoms with Crippen LogP contribution < -0.4 is 17.0 Å². The topological polar surface area (TPSA) is 38.8 Å². The van der Waals surface area contributed by atoms with Crippen molar-refractivity contribution in [3.05, 3.63) is 71.3 Å². The maximum atomic E-state index is 16.4. The van der Waals surface area contributed by atoms with Crippen molar-refractivity contribution < 1.29 is 48.9 Å². The van der Waals surface area contributed by atoms with E-state index in [-0.39, 0.29) is 52.4 Å². The van der Waals surface area contributed by atoms with Crippen molar-refractivity contribution in [2.24, 2.45) is 0 Å². The monoisotopic (exact) mass is 497 g/mol. The Morgan fingerprint density at radius 1 is 0.935 bits per heavy atom. The van der Waals surface area contributed by atoms with Crippen molar-refractivity contribution in [1.29, 1.82) is 0 Å². The molecule has 4 nitrogen and oxygen atoms in total. The molecule has 5 rings (SSSR count). The molecule has 3 aliphatic rings. The van der Waals surface area contributed by atoms with E-state index in [0.717, 1.165) is 28.7 Å². The number of fused-ring (bicyclic) bond motifs is 5. The van der Waals surface area contributed by atoms with E-state index in [0.29, 0.717) is 12.8 Å². The van der Waals surface area contributed by atoms with Crippen LogP contribution in [0.25, 0.3) is 0 Å². The van der Waals surface area contributed by atoms with E-state index < -0.39 is 29.4 Å². The summed E-state index contributed by atoms with van der Waals surface area (Å²) in [6, 6.07) is 9.63. The zero-order valence-electron chi connectivity index (χ0n) is 17.1. The van der Waals surface area contributed by atoms with E-state index in [1.54, 1.807) is 0 Å². The van der Waals surface area contributed by atoms with Gasteiger partial charge in [0.1, 0.15) is 42.0 Å². The summed E-state index contributed by atoms with van der Waals surface area (Å²) >= 11 is 0. The number of benzene rings is 2. The molecule has 3 saturated heterocycles. The minimum Gasteiger partial charge on any atom is -1.00 e. The molecule has 0 aliphatic carbocycles. The third-order valence-electron chi connectivity index (χ3n) is 7.08. The first kappa shape index (κ1) is 22.3. The lowest BCUT2D eigenvalue weighted by atomic mass is 9.87. The lowest BCUT2D eigenvalue weighted by Gasteiger charge is -2.45. The Hall–Kier alpha value is -1.90. The van der Waals surface area contributed by atoms with Gasteiger partial charge in [0.05, 0.1) is 14.1 Å². The number of rotatable bonds is 4. The third kappa shape index (κ3) is 3.49. The maximum Gasteiger partial charge on any atom is 0.353 e. The Balaban J connectivity index is 0.00000231. The molecule has 2 bridgehead atoms. The minimum absolute atomic E-state index is 0. The molecule has 166 valence electrons. The van der Waals surface area contributed by atoms with E-state index in [1.165, 1.54) is 24.3 Å². The standard InChI is InChI=1S/C23H23F3NO3.BrH/c1-27(2)18-11-17(12-19(27)21-20(18)30-21)29-22(28)23(26,13-3-7-15(24)8-4-13)14-5-9-16(25)10-6-14;/h3-10,17-21H,11-12H2,1-2H3;1H/q+1;/p-1/t17?,18-,19?,20+,21?;/m0./s1. The molecule has 5 atom stereocenters. The van der Waals surface area contributed by atoms with Crippen molar-refractivity contribution >= 4 is 5.97 Å². The number of hydrogen-bond acceptors (Lipinski definition) is 3. The number of alkyl halides is 1. The molecule has 8 heteroatoms. The van der Waals surface area contributed by atoms with Crippen LogP contribution in [0.1, 0.15) is 24.0 Å². The van der Waals surface area contributed by atoms with E-state index in [9.17, 15) is 13.6 Å². The number of ether oxygens (including phenoxy) is 2. The molecular formula is C23H23BrF3NO3. The second-order valence-corrected chi connectivity index (χ2v) is 9.00. The van der Waals surface area contributed by atoms with Crippen LogP contribution in [-0.2, 0) is 19.9 Å². The van der Waals surface area contributed by atoms with Crippen molar-refractivity contribution in [3.8, 4) is 0 Å². The fourth-order valence-electron chi connectivity index (χ4n) is 5.30. The molecule has 3 unspecified atom stereocenters. The molecule has 3 fully saturated rings. The zero-order chi connectivity index (χ0) is 21.3. The smallest absolute Gasteiger partial charge is 0.353 e. The van der Waals surface area contributed by atoms with Gasteiger partial charge in [0, 0.05) is 24.0 Å². The number of quaternary nitrogens is 1. The summed E-state index contributed by atoms with van der Waals surface area (Å²) < 4.78 is 55.4. The van der Waals surface area contributed by atoms with Gasteiger partial charge in [-0.05, 0) is 24.3 Å². The number of hydrogen-bond donors (Lipinski definition) is 0. The first-order chi connectivity index (χ1) is 14.2. The fraction of sp³-hybridized carbons (Fsp3) is 0.435. The number of esters is 1. The Labute approximate surface area is 189 Å². The van der Waals surface area contributed by atoms with Crippen LogP contribution in [0.15, 0.2) is 48.5 Å². The fourth-order valence-corrected chi connectivity index (χ4v) is 5.30. The van der Waals surface area contributed by atoms with Gasteiger partial charge in [0.25, 0.3) is 5.67 Å². The lowest BCUT2D eigenvalue weighted by Crippen LogP contribution is -3.00. The predicted octanol–water partition coefficient (Wildman–Crippen LogP) is 0.482. The molecule has 0 aromatic heterocycles. The largest absolute Gasteiger partial charge is 1.00 e. The normalized spacial score (nSPS) is 30.2. The molecule has 3 heterocycles. The molecule has 0 N–H and O–H groups in total. The number of halogens is 4. The van der Waals surface area contributed by atoms with Gasteiger partial charge in [-0.1, -0.05) is 24.3 Å². The van der Waals surface area contributed by atoms with Crippen LogP contribution in [0, 0.1) is 11.6 Å². The minimum atomic E-state index is -2.66. The van der Waals surface area contributed by atoms with Crippen molar-refractivity contribution in [2.45, 2.75) is 48.9 Å². The zero-order valence-corrected chi connectivity index (χ0v) is 18.7. The molecule has 0 amide bonds. The van der Waals surface area contributed by atoms with Gasteiger partial charge in [0.2, 0.25) is 0 Å². The van der Waals surface area contributed by atoms with Crippen molar-refractivity contribution in [1.82, 2.24) is 0 Å². The summed E-state index contributed by atoms with van der Waals surface area (Å²) in [6.45, 7) is 0. The molecule has 2 aromatic carbocycles. The highest BCUT2D eigenvalue weighted by Gasteiger charge is 2.71. The average Bonchev–Trinajstić information content (AvgIpc) is 3.47. The number of morpholine rings is 1. The Kier molecular flexibility index (Phi) is 5.47. The van der Waals surface area contributed by atoms with Gasteiger partial charge in [-0.15, -0.1) is 0 Å². The Morgan fingerprint density at radius 2 is 1.35 bits per heavy atom. The second-order valence-electron chi connectivity index (χ2n) is 9.00. The highest BCUT2D eigenvalue weighted by molar-refractivity contribution is 5.85. The number of piperidine rings is 1. The molecule has 3 aliphatic heterocycles. The Bertz CT molecular complexity index is 917. The molecule has 31 heavy (non-hydrogen) atoms. The van der Waals surface area contributed by atoms with E-state index in [4.69, 9.17) is 9.47 Å². The number of carbonyl (C=O) groups is 1. The summed E-state index contributed by atoms with van der Waals surface area (Å²) in [4.78, 5) is 13.2. The van der Waals surface area contributed by atoms with Gasteiger partial charge in [0.15, 0.2) is 0 Å². The van der Waals surface area contributed by atoms with Crippen LogP contribution in [0.5, 0.6) is 0 Å². The highest BCUT2D eigenvalue weighted by Crippen LogP contribution is 2.52. The van der Waals surface area contributed by atoms with E-state index in [2.05, 4.69) is 14.1 Å². The van der Waals surface area contributed by atoms with Crippen LogP contribution in [0.4, 0.5) is 13.2 Å². The van der Waals surface area contributed by atoms with Crippen molar-refractivity contribution in [2.75, 3.05) is 14.1 Å². The van der Waals surface area contributed by atoms with Gasteiger partial charge >= 0.3 is 5.97 Å². The number of likely N-dealkylation sites (N-methyl/N-ethyl adjacent to an activating group) is 1. The first-order valence-corrected chi connectivity index (χ1v) is 10.1. The van der Waals surface area contributed by atoms with Gasteiger partial charge < -0.3 is 30.9 Å². The number of nitrogens with zero attached hydrogens (tertiary/aromatic N) is 1. The Morgan fingerprint density at radius 3 is 1.77 bits per heavy atom. The summed E-state index contributed by atoms with van der Waals surface area (Å²) in [7, 11) is 4.30. The molecule has 0 radical (unpaired) electrons. The third-order valence-corrected chi connectivity index (χ3v) is 7.08. The molecular weight excluding hydrogens is 475 g/mol. The van der Waals surface area contributed by atoms with E-state index >= 15 is 4.39 Å². The summed E-state index contributed by atoms with van der Waals surface area (Å²) in [5, 5.41) is 0. The van der Waals surface area contributed by atoms with Crippen molar-refractivity contribution in [3.63, 3.8) is 0 Å². The first-order valence-electron chi connectivity index (χ1n) is 10.1. The number of carbonyl (C=O) groups excluding carboxylic acids is 1. The van der Waals surface area contributed by atoms with Gasteiger partial charge in [-0.2, -0.15) is 0 Å². The van der Waals surface area contributed by atoms with Crippen LogP contribution in [-0.4, -0.2) is 54.9 Å². The van der Waals surface area contributed by atoms with Gasteiger partial charge in [-0.3, -0.25) is 0 Å². The maximum absolute atomic E-state index is 16.4. The highest BCUT2D eigenvalue weighted by atomic mass is 79.9. The molecule has 0 saturated carbocycles. The molecule has 0 spiro atoms. The summed E-state index contributed by atoms with van der Waals surface area (Å²) in [5.41, 5.74) is -2.77. The van der Waals surface area contributed by atoms with Crippen LogP contribution in [0.3, 0.4) is 0 Å². The quantitative estimate of drug-likeness (QED) is 0.350.